The van der Waals surface area contributed by atoms with Crippen molar-refractivity contribution in [3.8, 4) is 11.8 Å². The summed E-state index contributed by atoms with van der Waals surface area (Å²) >= 11 is 0. The van der Waals surface area contributed by atoms with E-state index in [4.69, 9.17) is 5.26 Å². The van der Waals surface area contributed by atoms with Crippen molar-refractivity contribution in [1.29, 1.82) is 5.26 Å². The van der Waals surface area contributed by atoms with Crippen LogP contribution in [0, 0.1) is 18.3 Å². The minimum Gasteiger partial charge on any atom is -0.348 e. The van der Waals surface area contributed by atoms with Gasteiger partial charge < -0.3 is 5.32 Å². The third-order valence-corrected chi connectivity index (χ3v) is 5.69. The molecule has 0 bridgehead atoms. The van der Waals surface area contributed by atoms with Gasteiger partial charge in [0, 0.05) is 18.5 Å². The van der Waals surface area contributed by atoms with Crippen LogP contribution < -0.4 is 10.9 Å². The molecular formula is C22H19N3O4S. The van der Waals surface area contributed by atoms with E-state index in [2.05, 4.69) is 5.32 Å². The first-order chi connectivity index (χ1) is 14.2. The number of rotatable bonds is 5. The van der Waals surface area contributed by atoms with Crippen molar-refractivity contribution in [2.45, 2.75) is 18.4 Å². The topological polar surface area (TPSA) is 109 Å². The van der Waals surface area contributed by atoms with E-state index in [1.165, 1.54) is 22.8 Å². The Kier molecular flexibility index (Phi) is 5.85. The molecule has 1 aromatic heterocycles. The Morgan fingerprint density at radius 1 is 1.10 bits per heavy atom. The lowest BCUT2D eigenvalue weighted by molar-refractivity contribution is 0.0949. The van der Waals surface area contributed by atoms with E-state index < -0.39 is 21.3 Å². The van der Waals surface area contributed by atoms with E-state index in [0.717, 1.165) is 6.26 Å². The van der Waals surface area contributed by atoms with Crippen molar-refractivity contribution in [3.63, 3.8) is 0 Å². The van der Waals surface area contributed by atoms with Gasteiger partial charge in [0.2, 0.25) is 0 Å². The summed E-state index contributed by atoms with van der Waals surface area (Å²) in [6.45, 7) is 1.88. The highest BCUT2D eigenvalue weighted by Gasteiger charge is 2.15. The number of amides is 1. The molecule has 30 heavy (non-hydrogen) atoms. The second-order valence-electron chi connectivity index (χ2n) is 6.79. The minimum atomic E-state index is -3.29. The van der Waals surface area contributed by atoms with E-state index >= 15 is 0 Å². The molecule has 8 heteroatoms. The van der Waals surface area contributed by atoms with E-state index in [1.54, 1.807) is 49.4 Å². The zero-order valence-corrected chi connectivity index (χ0v) is 17.2. The standard InChI is InChI=1S/C22H19N3O4S/c1-15-6-11-20(22(27)25(15)18-5-3-4-17(12-18)13-23)21(26)24-14-16-7-9-19(10-8-16)30(2,28)29/h3-12H,14H2,1-2H3,(H,24,26). The average molecular weight is 421 g/mol. The zero-order valence-electron chi connectivity index (χ0n) is 16.4. The summed E-state index contributed by atoms with van der Waals surface area (Å²) in [5, 5.41) is 11.8. The molecule has 0 saturated carbocycles. The fraction of sp³-hybridized carbons (Fsp3) is 0.136. The van der Waals surface area contributed by atoms with Gasteiger partial charge in [0.25, 0.3) is 11.5 Å². The number of sulfone groups is 1. The van der Waals surface area contributed by atoms with Crippen LogP contribution in [0.3, 0.4) is 0 Å². The first-order valence-corrected chi connectivity index (χ1v) is 10.9. The van der Waals surface area contributed by atoms with Crippen LogP contribution in [0.5, 0.6) is 0 Å². The first kappa shape index (κ1) is 21.0. The van der Waals surface area contributed by atoms with E-state index in [9.17, 15) is 18.0 Å². The van der Waals surface area contributed by atoms with Crippen LogP contribution in [0.25, 0.3) is 5.69 Å². The maximum Gasteiger partial charge on any atom is 0.268 e. The smallest absolute Gasteiger partial charge is 0.268 e. The van der Waals surface area contributed by atoms with Gasteiger partial charge in [-0.2, -0.15) is 5.26 Å². The number of nitrogens with zero attached hydrogens (tertiary/aromatic N) is 2. The molecule has 0 fully saturated rings. The number of aryl methyl sites for hydroxylation is 1. The van der Waals surface area contributed by atoms with Crippen molar-refractivity contribution < 1.29 is 13.2 Å². The van der Waals surface area contributed by atoms with E-state index in [-0.39, 0.29) is 17.0 Å². The molecule has 0 atom stereocenters. The Morgan fingerprint density at radius 2 is 1.80 bits per heavy atom. The van der Waals surface area contributed by atoms with Crippen LogP contribution in [0.1, 0.15) is 27.2 Å². The van der Waals surface area contributed by atoms with E-state index in [0.29, 0.717) is 22.5 Å². The fourth-order valence-electron chi connectivity index (χ4n) is 2.97. The van der Waals surface area contributed by atoms with Crippen molar-refractivity contribution in [2.75, 3.05) is 6.26 Å². The van der Waals surface area contributed by atoms with Crippen molar-refractivity contribution in [1.82, 2.24) is 9.88 Å². The minimum absolute atomic E-state index is 0.0317. The third kappa shape index (κ3) is 4.47. The van der Waals surface area contributed by atoms with Crippen molar-refractivity contribution in [3.05, 3.63) is 93.4 Å². The van der Waals surface area contributed by atoms with Crippen LogP contribution in [0.2, 0.25) is 0 Å². The van der Waals surface area contributed by atoms with Gasteiger partial charge in [-0.1, -0.05) is 18.2 Å². The summed E-state index contributed by atoms with van der Waals surface area (Å²) in [5.41, 5.74) is 1.72. The van der Waals surface area contributed by atoms with Gasteiger partial charge in [-0.25, -0.2) is 8.42 Å². The fourth-order valence-corrected chi connectivity index (χ4v) is 3.60. The van der Waals surface area contributed by atoms with Gasteiger partial charge in [0.15, 0.2) is 9.84 Å². The summed E-state index contributed by atoms with van der Waals surface area (Å²) < 4.78 is 24.4. The summed E-state index contributed by atoms with van der Waals surface area (Å²) in [6, 6.07) is 17.9. The Hall–Kier alpha value is -3.70. The quantitative estimate of drug-likeness (QED) is 0.680. The summed E-state index contributed by atoms with van der Waals surface area (Å²) in [6.07, 6.45) is 1.12. The van der Waals surface area contributed by atoms with E-state index in [1.807, 2.05) is 6.07 Å². The molecule has 0 spiro atoms. The zero-order chi connectivity index (χ0) is 21.9. The molecule has 7 nitrogen and oxygen atoms in total. The number of nitrogens with one attached hydrogen (secondary N) is 1. The summed E-state index contributed by atoms with van der Waals surface area (Å²) in [4.78, 5) is 25.8. The second kappa shape index (κ2) is 8.35. The van der Waals surface area contributed by atoms with Gasteiger partial charge in [-0.3, -0.25) is 14.2 Å². The molecule has 0 aliphatic rings. The Bertz CT molecular complexity index is 1320. The third-order valence-electron chi connectivity index (χ3n) is 4.56. The molecule has 0 aliphatic carbocycles. The summed E-state index contributed by atoms with van der Waals surface area (Å²) in [5.74, 6) is -0.544. The molecule has 0 saturated heterocycles. The van der Waals surface area contributed by atoms with Gasteiger partial charge >= 0.3 is 0 Å². The summed E-state index contributed by atoms with van der Waals surface area (Å²) in [7, 11) is -3.29. The second-order valence-corrected chi connectivity index (χ2v) is 8.81. The Morgan fingerprint density at radius 3 is 2.43 bits per heavy atom. The molecule has 3 aromatic rings. The van der Waals surface area contributed by atoms with Gasteiger partial charge in [0.1, 0.15) is 5.56 Å². The monoisotopic (exact) mass is 421 g/mol. The predicted octanol–water partition coefficient (Wildman–Crippen LogP) is 2.35. The lowest BCUT2D eigenvalue weighted by atomic mass is 10.1. The molecule has 152 valence electrons. The molecule has 1 amide bonds. The molecule has 1 heterocycles. The van der Waals surface area contributed by atoms with Crippen molar-refractivity contribution >= 4 is 15.7 Å². The average Bonchev–Trinajstić information content (AvgIpc) is 2.72. The van der Waals surface area contributed by atoms with Crippen LogP contribution >= 0.6 is 0 Å². The van der Waals surface area contributed by atoms with Gasteiger partial charge in [-0.15, -0.1) is 0 Å². The number of hydrogen-bond donors (Lipinski definition) is 1. The highest BCUT2D eigenvalue weighted by Crippen LogP contribution is 2.12. The number of benzene rings is 2. The highest BCUT2D eigenvalue weighted by atomic mass is 32.2. The molecule has 1 N–H and O–H groups in total. The first-order valence-electron chi connectivity index (χ1n) is 9.01. The Balaban J connectivity index is 1.85. The molecule has 0 radical (unpaired) electrons. The molecule has 0 aliphatic heterocycles. The highest BCUT2D eigenvalue weighted by molar-refractivity contribution is 7.90. The van der Waals surface area contributed by atoms with Crippen LogP contribution in [-0.4, -0.2) is 25.1 Å². The lowest BCUT2D eigenvalue weighted by Crippen LogP contribution is -2.33. The van der Waals surface area contributed by atoms with Gasteiger partial charge in [-0.05, 0) is 55.0 Å². The van der Waals surface area contributed by atoms with Gasteiger partial charge in [0.05, 0.1) is 22.2 Å². The number of carbonyl (C=O) groups is 1. The molecule has 2 aromatic carbocycles. The normalized spacial score (nSPS) is 11.0. The molecule has 3 rings (SSSR count). The largest absolute Gasteiger partial charge is 0.348 e. The number of pyridine rings is 1. The lowest BCUT2D eigenvalue weighted by Gasteiger charge is -2.12. The number of hydrogen-bond acceptors (Lipinski definition) is 5. The maximum absolute atomic E-state index is 13.0. The number of aromatic nitrogens is 1. The molecule has 0 unspecified atom stereocenters. The van der Waals surface area contributed by atoms with Crippen molar-refractivity contribution in [2.24, 2.45) is 0 Å². The Labute approximate surface area is 174 Å². The van der Waals surface area contributed by atoms with Crippen LogP contribution in [-0.2, 0) is 16.4 Å². The predicted molar refractivity (Wildman–Crippen MR) is 112 cm³/mol. The maximum atomic E-state index is 13.0. The molecular weight excluding hydrogens is 402 g/mol. The number of nitriles is 1. The number of carbonyl (C=O) groups excluding carboxylic acids is 1. The SMILES string of the molecule is Cc1ccc(C(=O)NCc2ccc(S(C)(=O)=O)cc2)c(=O)n1-c1cccc(C#N)c1. The van der Waals surface area contributed by atoms with Crippen LogP contribution in [0.15, 0.2) is 70.4 Å². The van der Waals surface area contributed by atoms with Crippen LogP contribution in [0.4, 0.5) is 0 Å².